The normalized spacial score (nSPS) is 20.4. The summed E-state index contributed by atoms with van der Waals surface area (Å²) in [4.78, 5) is 51.5. The van der Waals surface area contributed by atoms with E-state index in [4.69, 9.17) is 42.4 Å². The van der Waals surface area contributed by atoms with E-state index in [0.717, 1.165) is 43.7 Å². The van der Waals surface area contributed by atoms with Crippen LogP contribution in [0.4, 0.5) is 4.79 Å². The highest BCUT2D eigenvalue weighted by Crippen LogP contribution is 2.43. The number of pyridine rings is 1. The predicted molar refractivity (Wildman–Crippen MR) is 205 cm³/mol. The van der Waals surface area contributed by atoms with E-state index in [1.807, 2.05) is 46.2 Å². The molecule has 3 aromatic rings. The lowest BCUT2D eigenvalue weighted by Crippen LogP contribution is -2.59. The van der Waals surface area contributed by atoms with Gasteiger partial charge in [0.15, 0.2) is 11.5 Å². The number of nitrogens with one attached hydrogen (secondary N) is 1. The average molecular weight is 784 g/mol. The quantitative estimate of drug-likeness (QED) is 0.259. The van der Waals surface area contributed by atoms with Gasteiger partial charge in [-0.1, -0.05) is 35.3 Å². The molecule has 15 heteroatoms. The van der Waals surface area contributed by atoms with Gasteiger partial charge in [-0.05, 0) is 74.2 Å². The number of amides is 3. The molecule has 2 aromatic carbocycles. The Kier molecular flexibility index (Phi) is 12.4. The van der Waals surface area contributed by atoms with Gasteiger partial charge in [0.2, 0.25) is 5.75 Å². The Labute approximate surface area is 326 Å². The molecule has 0 aliphatic carbocycles. The van der Waals surface area contributed by atoms with E-state index in [0.29, 0.717) is 85.0 Å². The second-order valence-electron chi connectivity index (χ2n) is 14.3. The third-order valence-electron chi connectivity index (χ3n) is 11.2. The number of aromatic nitrogens is 1. The number of urea groups is 1. The molecule has 0 saturated carbocycles. The molecule has 1 aromatic heterocycles. The van der Waals surface area contributed by atoms with Crippen molar-refractivity contribution in [2.24, 2.45) is 0 Å². The second kappa shape index (κ2) is 17.0. The largest absolute Gasteiger partial charge is 0.493 e. The maximum absolute atomic E-state index is 14.0. The van der Waals surface area contributed by atoms with Crippen LogP contribution in [0.15, 0.2) is 54.7 Å². The van der Waals surface area contributed by atoms with Gasteiger partial charge in [-0.2, -0.15) is 0 Å². The fourth-order valence-corrected chi connectivity index (χ4v) is 8.35. The Bertz CT molecular complexity index is 1790. The van der Waals surface area contributed by atoms with Crippen LogP contribution in [0.3, 0.4) is 0 Å². The number of carbonyl (C=O) groups is 3. The number of hydrogen-bond donors (Lipinski definition) is 2. The van der Waals surface area contributed by atoms with Crippen molar-refractivity contribution in [3.05, 3.63) is 81.6 Å². The molecule has 290 valence electrons. The van der Waals surface area contributed by atoms with Crippen molar-refractivity contribution in [3.63, 3.8) is 0 Å². The standard InChI is InChI=1S/C39H48Cl2N6O7/c1-52-31-22-27(23-32(53-2)35(31)54-3)36(50)47-17-10-38(26-47,28-7-8-29(40)30(41)24-28)9-14-44-15-11-39(12-16-44,33-6-4-5-13-42-33)43-37(51)46-20-18-45(19-21-46)25-34(48)49/h4-8,13,22-24H,9-12,14-21,25-26H2,1-3H3,(H,43,51)(H,48,49). The topological polar surface area (TPSA) is 137 Å². The number of methoxy groups -OCH3 is 3. The molecule has 3 saturated heterocycles. The van der Waals surface area contributed by atoms with E-state index in [1.54, 1.807) is 23.2 Å². The van der Waals surface area contributed by atoms with Crippen LogP contribution in [-0.4, -0.2) is 134 Å². The minimum Gasteiger partial charge on any atom is -0.493 e. The number of piperazine rings is 1. The van der Waals surface area contributed by atoms with E-state index < -0.39 is 11.5 Å². The van der Waals surface area contributed by atoms with Crippen LogP contribution >= 0.6 is 23.2 Å². The molecule has 2 N–H and O–H groups in total. The number of carboxylic acid groups (broad SMARTS) is 1. The molecule has 3 aliphatic rings. The molecule has 0 radical (unpaired) electrons. The van der Waals surface area contributed by atoms with E-state index in [9.17, 15) is 19.5 Å². The van der Waals surface area contributed by atoms with Gasteiger partial charge in [0.05, 0.1) is 49.2 Å². The SMILES string of the molecule is COc1cc(C(=O)N2CCC(CCN3CCC(NC(=O)N4CCN(CC(=O)O)CC4)(c4ccccn4)CC3)(c3ccc(Cl)c(Cl)c3)C2)cc(OC)c1OC. The number of ether oxygens (including phenoxy) is 3. The maximum Gasteiger partial charge on any atom is 0.318 e. The minimum absolute atomic E-state index is 0.0308. The summed E-state index contributed by atoms with van der Waals surface area (Å²) < 4.78 is 16.5. The highest BCUT2D eigenvalue weighted by atomic mass is 35.5. The highest BCUT2D eigenvalue weighted by Gasteiger charge is 2.44. The lowest BCUT2D eigenvalue weighted by Gasteiger charge is -2.44. The Hall–Kier alpha value is -4.30. The zero-order valence-electron chi connectivity index (χ0n) is 31.0. The number of carboxylic acids is 1. The fourth-order valence-electron chi connectivity index (χ4n) is 8.05. The molecule has 3 amide bonds. The molecule has 13 nitrogen and oxygen atoms in total. The number of carbonyl (C=O) groups excluding carboxylic acids is 2. The molecular formula is C39H48Cl2N6O7. The van der Waals surface area contributed by atoms with Gasteiger partial charge in [-0.15, -0.1) is 0 Å². The highest BCUT2D eigenvalue weighted by molar-refractivity contribution is 6.42. The van der Waals surface area contributed by atoms with Crippen LogP contribution in [0.25, 0.3) is 0 Å². The lowest BCUT2D eigenvalue weighted by molar-refractivity contribution is -0.138. The molecule has 0 spiro atoms. The number of benzene rings is 2. The van der Waals surface area contributed by atoms with E-state index in [1.165, 1.54) is 21.3 Å². The van der Waals surface area contributed by atoms with Gasteiger partial charge in [-0.25, -0.2) is 4.79 Å². The third kappa shape index (κ3) is 8.49. The first-order chi connectivity index (χ1) is 26.0. The first kappa shape index (κ1) is 39.4. The van der Waals surface area contributed by atoms with Gasteiger partial charge in [0.25, 0.3) is 5.91 Å². The minimum atomic E-state index is -0.869. The zero-order valence-corrected chi connectivity index (χ0v) is 32.5. The van der Waals surface area contributed by atoms with E-state index in [-0.39, 0.29) is 23.9 Å². The fraction of sp³-hybridized carbons (Fsp3) is 0.487. The van der Waals surface area contributed by atoms with E-state index in [2.05, 4.69) is 10.2 Å². The molecule has 6 rings (SSSR count). The smallest absolute Gasteiger partial charge is 0.318 e. The number of hydrogen-bond acceptors (Lipinski definition) is 9. The zero-order chi connectivity index (χ0) is 38.5. The second-order valence-corrected chi connectivity index (χ2v) is 15.1. The molecule has 4 heterocycles. The summed E-state index contributed by atoms with van der Waals surface area (Å²) in [5, 5.41) is 13.5. The van der Waals surface area contributed by atoms with Crippen LogP contribution in [-0.2, 0) is 15.7 Å². The van der Waals surface area contributed by atoms with Crippen molar-refractivity contribution in [1.82, 2.24) is 29.9 Å². The Morgan fingerprint density at radius 1 is 0.815 bits per heavy atom. The molecule has 54 heavy (non-hydrogen) atoms. The molecule has 3 aliphatic heterocycles. The number of rotatable bonds is 12. The van der Waals surface area contributed by atoms with Crippen molar-refractivity contribution in [1.29, 1.82) is 0 Å². The van der Waals surface area contributed by atoms with Gasteiger partial charge in [0, 0.05) is 69.5 Å². The van der Waals surface area contributed by atoms with Gasteiger partial charge >= 0.3 is 12.0 Å². The molecular weight excluding hydrogens is 735 g/mol. The summed E-state index contributed by atoms with van der Waals surface area (Å²) in [5.74, 6) is 0.250. The number of aliphatic carboxylic acids is 1. The predicted octanol–water partition coefficient (Wildman–Crippen LogP) is 4.99. The molecule has 1 unspecified atom stereocenters. The number of nitrogens with zero attached hydrogens (tertiary/aromatic N) is 5. The van der Waals surface area contributed by atoms with Crippen LogP contribution in [0.2, 0.25) is 10.0 Å². The summed E-state index contributed by atoms with van der Waals surface area (Å²) in [5.41, 5.74) is 1.28. The summed E-state index contributed by atoms with van der Waals surface area (Å²) in [7, 11) is 4.58. The van der Waals surface area contributed by atoms with E-state index >= 15 is 0 Å². The molecule has 0 bridgehead atoms. The molecule has 1 atom stereocenters. The van der Waals surface area contributed by atoms with Crippen molar-refractivity contribution < 1.29 is 33.7 Å². The number of piperidine rings is 1. The summed E-state index contributed by atoms with van der Waals surface area (Å²) in [6.45, 7) is 5.17. The Morgan fingerprint density at radius 3 is 2.11 bits per heavy atom. The number of likely N-dealkylation sites (tertiary alicyclic amines) is 2. The average Bonchev–Trinajstić information content (AvgIpc) is 3.63. The van der Waals surface area contributed by atoms with Crippen molar-refractivity contribution >= 4 is 41.1 Å². The lowest BCUT2D eigenvalue weighted by atomic mass is 9.76. The maximum atomic E-state index is 14.0. The monoisotopic (exact) mass is 782 g/mol. The van der Waals surface area contributed by atoms with Crippen LogP contribution < -0.4 is 19.5 Å². The molecule has 3 fully saturated rings. The van der Waals surface area contributed by atoms with Gasteiger partial charge < -0.3 is 39.3 Å². The van der Waals surface area contributed by atoms with Gasteiger partial charge in [-0.3, -0.25) is 19.5 Å². The van der Waals surface area contributed by atoms with Crippen molar-refractivity contribution in [2.75, 3.05) is 86.8 Å². The Balaban J connectivity index is 1.16. The van der Waals surface area contributed by atoms with Crippen LogP contribution in [0.5, 0.6) is 17.2 Å². The van der Waals surface area contributed by atoms with Gasteiger partial charge in [0.1, 0.15) is 0 Å². The van der Waals surface area contributed by atoms with Crippen molar-refractivity contribution in [2.45, 2.75) is 36.6 Å². The van der Waals surface area contributed by atoms with Crippen LogP contribution in [0.1, 0.15) is 47.3 Å². The third-order valence-corrected chi connectivity index (χ3v) is 12.0. The Morgan fingerprint density at radius 2 is 1.52 bits per heavy atom. The summed E-state index contributed by atoms with van der Waals surface area (Å²) in [6.07, 6.45) is 4.60. The van der Waals surface area contributed by atoms with Crippen LogP contribution in [0, 0.1) is 0 Å². The summed E-state index contributed by atoms with van der Waals surface area (Å²) >= 11 is 12.9. The first-order valence-corrected chi connectivity index (χ1v) is 19.0. The summed E-state index contributed by atoms with van der Waals surface area (Å²) in [6, 6.07) is 14.8. The number of halogens is 2. The first-order valence-electron chi connectivity index (χ1n) is 18.2. The van der Waals surface area contributed by atoms with Crippen molar-refractivity contribution in [3.8, 4) is 17.2 Å².